The van der Waals surface area contributed by atoms with Crippen LogP contribution in [0.1, 0.15) is 48.8 Å². The molecule has 0 saturated carbocycles. The van der Waals surface area contributed by atoms with Crippen molar-refractivity contribution in [3.8, 4) is 0 Å². The second-order valence-electron chi connectivity index (χ2n) is 10.3. The Morgan fingerprint density at radius 3 is 2.19 bits per heavy atom. The average Bonchev–Trinajstić information content (AvgIpc) is 3.01. The van der Waals surface area contributed by atoms with E-state index in [1.54, 1.807) is 19.9 Å². The Balaban J connectivity index is 1.46. The molecular weight excluding hydrogens is 550 g/mol. The number of benzene rings is 3. The largest absolute Gasteiger partial charge is 0.468 e. The first kappa shape index (κ1) is 31.3. The maximum atomic E-state index is 13.5. The van der Waals surface area contributed by atoms with Gasteiger partial charge in [0.2, 0.25) is 0 Å². The minimum Gasteiger partial charge on any atom is -0.468 e. The fraction of sp³-hybridized carbons (Fsp3) is 0.303. The lowest BCUT2D eigenvalue weighted by Crippen LogP contribution is -2.36. The summed E-state index contributed by atoms with van der Waals surface area (Å²) in [5.74, 6) is -3.15. The number of ether oxygens (including phenoxy) is 2. The third-order valence-electron chi connectivity index (χ3n) is 7.61. The van der Waals surface area contributed by atoms with E-state index in [1.807, 2.05) is 36.4 Å². The number of hydrogen-bond acceptors (Lipinski definition) is 9. The summed E-state index contributed by atoms with van der Waals surface area (Å²) in [5, 5.41) is 23.2. The molecule has 0 saturated heterocycles. The molecule has 1 N–H and O–H groups in total. The van der Waals surface area contributed by atoms with E-state index in [1.165, 1.54) is 25.3 Å². The molecule has 0 fully saturated rings. The number of methoxy groups -OCH3 is 1. The van der Waals surface area contributed by atoms with Gasteiger partial charge in [-0.1, -0.05) is 72.8 Å². The van der Waals surface area contributed by atoms with Gasteiger partial charge in [0.25, 0.3) is 5.69 Å². The van der Waals surface area contributed by atoms with Gasteiger partial charge < -0.3 is 14.7 Å². The molecular formula is C33H35N3O7. The lowest BCUT2D eigenvalue weighted by Gasteiger charge is -2.31. The topological polar surface area (TPSA) is 132 Å². The summed E-state index contributed by atoms with van der Waals surface area (Å²) < 4.78 is 10.6. The summed E-state index contributed by atoms with van der Waals surface area (Å²) in [6, 6.07) is 25.9. The Bertz CT molecular complexity index is 1470. The van der Waals surface area contributed by atoms with Crippen molar-refractivity contribution in [1.29, 1.82) is 0 Å². The molecule has 0 aromatic heterocycles. The normalized spacial score (nSPS) is 16.7. The Kier molecular flexibility index (Phi) is 10.5. The SMILES string of the molecule is COC(=O)C1C(C)=NC(C)=C(C(=O)OCCN(O)CCC(c2ccccc2)c2ccccc2)C1c1cccc([N+](=O)[O-])c1. The molecule has 2 atom stereocenters. The van der Waals surface area contributed by atoms with E-state index in [0.29, 0.717) is 29.9 Å². The van der Waals surface area contributed by atoms with Gasteiger partial charge in [-0.2, -0.15) is 5.06 Å². The number of allylic oxidation sites excluding steroid dienone is 1. The third kappa shape index (κ3) is 7.59. The standard InChI is InChI=1S/C33H35N3O7/c1-22-29(32(37)42-3)31(26-15-10-16-27(21-26)36(40)41)30(23(2)34-22)33(38)43-20-19-35(39)18-17-28(24-11-6-4-7-12-24)25-13-8-5-9-14-25/h4-16,21,28-29,31,39H,17-20H2,1-3H3. The first-order chi connectivity index (χ1) is 20.7. The third-order valence-corrected chi connectivity index (χ3v) is 7.61. The van der Waals surface area contributed by atoms with Crippen molar-refractivity contribution >= 4 is 23.3 Å². The molecule has 1 aliphatic heterocycles. The van der Waals surface area contributed by atoms with Crippen molar-refractivity contribution in [2.45, 2.75) is 32.1 Å². The Labute approximate surface area is 250 Å². The van der Waals surface area contributed by atoms with Crippen molar-refractivity contribution in [3.05, 3.63) is 123 Å². The molecule has 1 aliphatic rings. The minimum atomic E-state index is -0.972. The van der Waals surface area contributed by atoms with Gasteiger partial charge in [0.05, 0.1) is 24.2 Å². The number of hydrogen-bond donors (Lipinski definition) is 1. The molecule has 4 rings (SSSR count). The molecule has 1 heterocycles. The monoisotopic (exact) mass is 585 g/mol. The number of nitro benzene ring substituents is 1. The molecule has 0 aliphatic carbocycles. The predicted molar refractivity (Wildman–Crippen MR) is 161 cm³/mol. The van der Waals surface area contributed by atoms with E-state index in [-0.39, 0.29) is 30.3 Å². The molecule has 3 aromatic carbocycles. The second-order valence-corrected chi connectivity index (χ2v) is 10.3. The van der Waals surface area contributed by atoms with Gasteiger partial charge in [-0.3, -0.25) is 19.9 Å². The number of non-ortho nitro benzene ring substituents is 1. The molecule has 43 heavy (non-hydrogen) atoms. The van der Waals surface area contributed by atoms with Gasteiger partial charge in [-0.05, 0) is 37.0 Å². The summed E-state index contributed by atoms with van der Waals surface area (Å²) >= 11 is 0. The maximum absolute atomic E-state index is 13.5. The molecule has 0 amide bonds. The number of nitrogens with zero attached hydrogens (tertiary/aromatic N) is 3. The number of nitro groups is 1. The van der Waals surface area contributed by atoms with Crippen LogP contribution in [0.25, 0.3) is 0 Å². The van der Waals surface area contributed by atoms with E-state index in [9.17, 15) is 24.9 Å². The molecule has 224 valence electrons. The number of carbonyl (C=O) groups excluding carboxylic acids is 2. The van der Waals surface area contributed by atoms with E-state index in [0.717, 1.165) is 16.2 Å². The number of carbonyl (C=O) groups is 2. The summed E-state index contributed by atoms with van der Waals surface area (Å²) in [7, 11) is 1.24. The van der Waals surface area contributed by atoms with Crippen molar-refractivity contribution in [2.24, 2.45) is 10.9 Å². The van der Waals surface area contributed by atoms with Gasteiger partial charge in [-0.25, -0.2) is 4.79 Å². The summed E-state index contributed by atoms with van der Waals surface area (Å²) in [5.41, 5.74) is 3.36. The van der Waals surface area contributed by atoms with Crippen molar-refractivity contribution in [3.63, 3.8) is 0 Å². The van der Waals surface area contributed by atoms with Crippen molar-refractivity contribution in [1.82, 2.24) is 5.06 Å². The van der Waals surface area contributed by atoms with Gasteiger partial charge in [0, 0.05) is 41.9 Å². The van der Waals surface area contributed by atoms with Crippen LogP contribution in [0.3, 0.4) is 0 Å². The fourth-order valence-electron chi connectivity index (χ4n) is 5.53. The van der Waals surface area contributed by atoms with Gasteiger partial charge >= 0.3 is 11.9 Å². The van der Waals surface area contributed by atoms with Gasteiger partial charge in [0.1, 0.15) is 12.5 Å². The van der Waals surface area contributed by atoms with Crippen LogP contribution in [-0.4, -0.2) is 59.7 Å². The highest BCUT2D eigenvalue weighted by atomic mass is 16.6. The highest BCUT2D eigenvalue weighted by molar-refractivity contribution is 6.07. The Morgan fingerprint density at radius 1 is 0.977 bits per heavy atom. The van der Waals surface area contributed by atoms with E-state index in [2.05, 4.69) is 29.3 Å². The van der Waals surface area contributed by atoms with Crippen LogP contribution in [0.5, 0.6) is 0 Å². The van der Waals surface area contributed by atoms with E-state index >= 15 is 0 Å². The highest BCUT2D eigenvalue weighted by Crippen LogP contribution is 2.41. The van der Waals surface area contributed by atoms with Crippen molar-refractivity contribution in [2.75, 3.05) is 26.8 Å². The van der Waals surface area contributed by atoms with E-state index < -0.39 is 28.7 Å². The summed E-state index contributed by atoms with van der Waals surface area (Å²) in [6.45, 7) is 3.54. The number of esters is 2. The number of hydroxylamine groups is 2. The summed E-state index contributed by atoms with van der Waals surface area (Å²) in [6.07, 6.45) is 0.631. The van der Waals surface area contributed by atoms with Crippen LogP contribution in [0, 0.1) is 16.0 Å². The lowest BCUT2D eigenvalue weighted by atomic mass is 9.75. The molecule has 0 radical (unpaired) electrons. The lowest BCUT2D eigenvalue weighted by molar-refractivity contribution is -0.384. The smallest absolute Gasteiger partial charge is 0.336 e. The number of rotatable bonds is 12. The molecule has 0 spiro atoms. The average molecular weight is 586 g/mol. The van der Waals surface area contributed by atoms with Crippen LogP contribution >= 0.6 is 0 Å². The zero-order valence-corrected chi connectivity index (χ0v) is 24.4. The number of aliphatic imine (C=N–C) groups is 1. The van der Waals surface area contributed by atoms with Crippen LogP contribution in [0.15, 0.2) is 101 Å². The molecule has 2 unspecified atom stereocenters. The van der Waals surface area contributed by atoms with E-state index in [4.69, 9.17) is 9.47 Å². The van der Waals surface area contributed by atoms with Crippen molar-refractivity contribution < 1.29 is 29.2 Å². The zero-order chi connectivity index (χ0) is 30.9. The fourth-order valence-corrected chi connectivity index (χ4v) is 5.53. The highest BCUT2D eigenvalue weighted by Gasteiger charge is 2.42. The van der Waals surface area contributed by atoms with Crippen LogP contribution in [-0.2, 0) is 19.1 Å². The molecule has 10 heteroatoms. The van der Waals surface area contributed by atoms with Crippen LogP contribution < -0.4 is 0 Å². The first-order valence-corrected chi connectivity index (χ1v) is 14.0. The van der Waals surface area contributed by atoms with Crippen LogP contribution in [0.4, 0.5) is 5.69 Å². The Hall–Kier alpha value is -4.67. The zero-order valence-electron chi connectivity index (χ0n) is 24.4. The molecule has 3 aromatic rings. The second kappa shape index (κ2) is 14.5. The molecule has 10 nitrogen and oxygen atoms in total. The van der Waals surface area contributed by atoms with Gasteiger partial charge in [0.15, 0.2) is 0 Å². The predicted octanol–water partition coefficient (Wildman–Crippen LogP) is 5.67. The first-order valence-electron chi connectivity index (χ1n) is 14.0. The Morgan fingerprint density at radius 2 is 1.60 bits per heavy atom. The minimum absolute atomic E-state index is 0.0541. The summed E-state index contributed by atoms with van der Waals surface area (Å²) in [4.78, 5) is 41.6. The molecule has 0 bridgehead atoms. The van der Waals surface area contributed by atoms with Gasteiger partial charge in [-0.15, -0.1) is 0 Å². The maximum Gasteiger partial charge on any atom is 0.336 e. The van der Waals surface area contributed by atoms with Crippen LogP contribution in [0.2, 0.25) is 0 Å². The quantitative estimate of drug-likeness (QED) is 0.163.